The van der Waals surface area contributed by atoms with Crippen molar-refractivity contribution in [3.63, 3.8) is 0 Å². The molecule has 52 valence electrons. The molecule has 0 aromatic rings. The molecule has 0 saturated heterocycles. The van der Waals surface area contributed by atoms with Gasteiger partial charge in [-0.2, -0.15) is 0 Å². The average molecular weight is 125 g/mol. The maximum atomic E-state index is 5.94. The van der Waals surface area contributed by atoms with E-state index >= 15 is 0 Å². The first-order valence-electron chi connectivity index (χ1n) is 3.83. The third kappa shape index (κ3) is 0.710. The van der Waals surface area contributed by atoms with E-state index in [0.717, 1.165) is 5.92 Å². The van der Waals surface area contributed by atoms with E-state index in [1.165, 1.54) is 19.3 Å². The van der Waals surface area contributed by atoms with Gasteiger partial charge in [-0.1, -0.05) is 6.92 Å². The standard InChI is InChI=1S/C8H15N/c1-7(3-4-7)6-5-8(6,2)9/h6H,3-5,9H2,1-2H3. The fourth-order valence-electron chi connectivity index (χ4n) is 1.97. The molecule has 0 aliphatic heterocycles. The minimum atomic E-state index is 0.214. The molecule has 1 heteroatoms. The Bertz CT molecular complexity index is 145. The molecule has 0 heterocycles. The predicted octanol–water partition coefficient (Wildman–Crippen LogP) is 1.52. The van der Waals surface area contributed by atoms with E-state index in [9.17, 15) is 0 Å². The van der Waals surface area contributed by atoms with Crippen molar-refractivity contribution in [1.29, 1.82) is 0 Å². The van der Waals surface area contributed by atoms with Crippen LogP contribution in [-0.4, -0.2) is 5.54 Å². The van der Waals surface area contributed by atoms with Crippen molar-refractivity contribution in [3.8, 4) is 0 Å². The summed E-state index contributed by atoms with van der Waals surface area (Å²) in [4.78, 5) is 0. The molecular weight excluding hydrogens is 110 g/mol. The van der Waals surface area contributed by atoms with Crippen LogP contribution in [0.15, 0.2) is 0 Å². The molecule has 1 nitrogen and oxygen atoms in total. The van der Waals surface area contributed by atoms with E-state index in [1.54, 1.807) is 0 Å². The lowest BCUT2D eigenvalue weighted by Crippen LogP contribution is -2.22. The first-order chi connectivity index (χ1) is 4.05. The predicted molar refractivity (Wildman–Crippen MR) is 38.0 cm³/mol. The van der Waals surface area contributed by atoms with Crippen LogP contribution in [0.1, 0.15) is 33.1 Å². The van der Waals surface area contributed by atoms with Crippen LogP contribution in [0, 0.1) is 11.3 Å². The van der Waals surface area contributed by atoms with Crippen LogP contribution in [-0.2, 0) is 0 Å². The third-order valence-electron chi connectivity index (χ3n) is 3.16. The van der Waals surface area contributed by atoms with Gasteiger partial charge < -0.3 is 5.73 Å². The SMILES string of the molecule is CC1(N)CC1C1(C)CC1. The topological polar surface area (TPSA) is 26.0 Å². The van der Waals surface area contributed by atoms with Gasteiger partial charge in [0.15, 0.2) is 0 Å². The van der Waals surface area contributed by atoms with E-state index in [2.05, 4.69) is 13.8 Å². The monoisotopic (exact) mass is 125 g/mol. The van der Waals surface area contributed by atoms with Crippen LogP contribution >= 0.6 is 0 Å². The molecule has 2 aliphatic rings. The molecule has 2 fully saturated rings. The smallest absolute Gasteiger partial charge is 0.0163 e. The first kappa shape index (κ1) is 5.72. The Morgan fingerprint density at radius 1 is 1.33 bits per heavy atom. The van der Waals surface area contributed by atoms with Gasteiger partial charge in [0.1, 0.15) is 0 Å². The normalized spacial score (nSPS) is 53.0. The number of hydrogen-bond acceptors (Lipinski definition) is 1. The summed E-state index contributed by atoms with van der Waals surface area (Å²) in [6, 6.07) is 0. The quantitative estimate of drug-likeness (QED) is 0.565. The van der Waals surface area contributed by atoms with E-state index in [1.807, 2.05) is 0 Å². The summed E-state index contributed by atoms with van der Waals surface area (Å²) in [6.07, 6.45) is 4.11. The Kier molecular flexibility index (Phi) is 0.760. The summed E-state index contributed by atoms with van der Waals surface area (Å²) in [6.45, 7) is 4.55. The maximum absolute atomic E-state index is 5.94. The lowest BCUT2D eigenvalue weighted by molar-refractivity contribution is 0.440. The molecule has 2 saturated carbocycles. The second kappa shape index (κ2) is 1.20. The minimum Gasteiger partial charge on any atom is -0.325 e. The zero-order chi connectivity index (χ0) is 6.70. The molecule has 0 spiro atoms. The van der Waals surface area contributed by atoms with Gasteiger partial charge in [0.2, 0.25) is 0 Å². The van der Waals surface area contributed by atoms with Crippen molar-refractivity contribution in [2.75, 3.05) is 0 Å². The molecule has 0 bridgehead atoms. The summed E-state index contributed by atoms with van der Waals surface area (Å²) in [5.74, 6) is 0.852. The molecule has 9 heavy (non-hydrogen) atoms. The highest BCUT2D eigenvalue weighted by Gasteiger charge is 2.61. The molecular formula is C8H15N. The lowest BCUT2D eigenvalue weighted by Gasteiger charge is -2.08. The molecule has 2 unspecified atom stereocenters. The van der Waals surface area contributed by atoms with Crippen LogP contribution in [0.4, 0.5) is 0 Å². The number of hydrogen-bond donors (Lipinski definition) is 1. The van der Waals surface area contributed by atoms with Crippen molar-refractivity contribution in [1.82, 2.24) is 0 Å². The van der Waals surface area contributed by atoms with Crippen molar-refractivity contribution in [2.45, 2.75) is 38.6 Å². The molecule has 2 atom stereocenters. The molecule has 0 amide bonds. The van der Waals surface area contributed by atoms with Crippen molar-refractivity contribution in [2.24, 2.45) is 17.1 Å². The minimum absolute atomic E-state index is 0.214. The van der Waals surface area contributed by atoms with E-state index in [4.69, 9.17) is 5.73 Å². The zero-order valence-corrected chi connectivity index (χ0v) is 6.28. The van der Waals surface area contributed by atoms with Gasteiger partial charge >= 0.3 is 0 Å². The first-order valence-corrected chi connectivity index (χ1v) is 3.83. The van der Waals surface area contributed by atoms with Crippen LogP contribution in [0.2, 0.25) is 0 Å². The van der Waals surface area contributed by atoms with Gasteiger partial charge in [-0.15, -0.1) is 0 Å². The second-order valence-corrected chi connectivity index (χ2v) is 4.42. The molecule has 2 N–H and O–H groups in total. The lowest BCUT2D eigenvalue weighted by atomic mass is 10.0. The van der Waals surface area contributed by atoms with Gasteiger partial charge in [-0.3, -0.25) is 0 Å². The number of nitrogens with two attached hydrogens (primary N) is 1. The van der Waals surface area contributed by atoms with Crippen molar-refractivity contribution in [3.05, 3.63) is 0 Å². The van der Waals surface area contributed by atoms with E-state index in [-0.39, 0.29) is 5.54 Å². The molecule has 2 rings (SSSR count). The summed E-state index contributed by atoms with van der Waals surface area (Å²) < 4.78 is 0. The highest BCUT2D eigenvalue weighted by atomic mass is 14.9. The Hall–Kier alpha value is -0.0400. The fraction of sp³-hybridized carbons (Fsp3) is 1.00. The van der Waals surface area contributed by atoms with Crippen LogP contribution in [0.25, 0.3) is 0 Å². The summed E-state index contributed by atoms with van der Waals surface area (Å²) >= 11 is 0. The Labute approximate surface area is 56.6 Å². The molecule has 0 radical (unpaired) electrons. The third-order valence-corrected chi connectivity index (χ3v) is 3.16. The van der Waals surface area contributed by atoms with Gasteiger partial charge in [-0.25, -0.2) is 0 Å². The fourth-order valence-corrected chi connectivity index (χ4v) is 1.97. The summed E-state index contributed by atoms with van der Waals surface area (Å²) in [5.41, 5.74) is 6.82. The Morgan fingerprint density at radius 3 is 1.89 bits per heavy atom. The highest BCUT2D eigenvalue weighted by Crippen LogP contribution is 2.64. The second-order valence-electron chi connectivity index (χ2n) is 4.42. The van der Waals surface area contributed by atoms with Gasteiger partial charge in [0.25, 0.3) is 0 Å². The van der Waals surface area contributed by atoms with Crippen LogP contribution in [0.3, 0.4) is 0 Å². The number of rotatable bonds is 1. The maximum Gasteiger partial charge on any atom is 0.0163 e. The van der Waals surface area contributed by atoms with Gasteiger partial charge in [-0.05, 0) is 37.5 Å². The van der Waals surface area contributed by atoms with Crippen molar-refractivity contribution >= 4 is 0 Å². The van der Waals surface area contributed by atoms with Crippen LogP contribution in [0.5, 0.6) is 0 Å². The zero-order valence-electron chi connectivity index (χ0n) is 6.28. The Morgan fingerprint density at radius 2 is 1.78 bits per heavy atom. The largest absolute Gasteiger partial charge is 0.325 e. The van der Waals surface area contributed by atoms with Crippen molar-refractivity contribution < 1.29 is 0 Å². The summed E-state index contributed by atoms with van der Waals surface area (Å²) in [7, 11) is 0. The van der Waals surface area contributed by atoms with Gasteiger partial charge in [0, 0.05) is 5.54 Å². The highest BCUT2D eigenvalue weighted by molar-refractivity contribution is 5.15. The van der Waals surface area contributed by atoms with E-state index in [0.29, 0.717) is 5.41 Å². The Balaban J connectivity index is 2.05. The van der Waals surface area contributed by atoms with E-state index < -0.39 is 0 Å². The average Bonchev–Trinajstić information content (AvgIpc) is 2.51. The molecule has 2 aliphatic carbocycles. The van der Waals surface area contributed by atoms with Gasteiger partial charge in [0.05, 0.1) is 0 Å². The molecule has 0 aromatic carbocycles. The molecule has 0 aromatic heterocycles. The summed E-state index contributed by atoms with van der Waals surface area (Å²) in [5, 5.41) is 0. The van der Waals surface area contributed by atoms with Crippen LogP contribution < -0.4 is 5.73 Å².